The Labute approximate surface area is 168 Å². The van der Waals surface area contributed by atoms with Crippen LogP contribution >= 0.6 is 11.6 Å². The largest absolute Gasteiger partial charge is 0.444 e. The van der Waals surface area contributed by atoms with Crippen LogP contribution in [0.4, 0.5) is 44.2 Å². The van der Waals surface area contributed by atoms with Crippen molar-refractivity contribution < 1.29 is 31.9 Å². The molecule has 3 N–H and O–H groups in total. The normalized spacial score (nSPS) is 11.0. The van der Waals surface area contributed by atoms with Crippen molar-refractivity contribution in [1.82, 2.24) is 0 Å². The van der Waals surface area contributed by atoms with E-state index in [4.69, 9.17) is 16.3 Å². The standard InChI is InChI=1S/C18H16ClF4N3O3/c1-18(2,3)29-17(28)24-8-4-5-10(20)11(6-8)25-16(27)26-12-7-9(19)13(21)15(23)14(12)22/h4-7H,1-3H3,(H,24,28)(H2,25,26,27). The zero-order valence-corrected chi connectivity index (χ0v) is 16.2. The van der Waals surface area contributed by atoms with Crippen LogP contribution in [0.1, 0.15) is 20.8 Å². The topological polar surface area (TPSA) is 79.5 Å². The van der Waals surface area contributed by atoms with Crippen molar-refractivity contribution in [2.45, 2.75) is 26.4 Å². The highest BCUT2D eigenvalue weighted by molar-refractivity contribution is 6.31. The van der Waals surface area contributed by atoms with Gasteiger partial charge in [-0.05, 0) is 45.0 Å². The van der Waals surface area contributed by atoms with Gasteiger partial charge in [0.25, 0.3) is 0 Å². The summed E-state index contributed by atoms with van der Waals surface area (Å²) in [6.07, 6.45) is -0.807. The molecule has 0 saturated heterocycles. The second-order valence-corrected chi connectivity index (χ2v) is 7.16. The fourth-order valence-electron chi connectivity index (χ4n) is 2.06. The van der Waals surface area contributed by atoms with Gasteiger partial charge in [0, 0.05) is 5.69 Å². The number of carbonyl (C=O) groups is 2. The molecule has 29 heavy (non-hydrogen) atoms. The van der Waals surface area contributed by atoms with Gasteiger partial charge >= 0.3 is 12.1 Å². The number of rotatable bonds is 3. The van der Waals surface area contributed by atoms with Gasteiger partial charge in [-0.3, -0.25) is 5.32 Å². The lowest BCUT2D eigenvalue weighted by Gasteiger charge is -2.20. The van der Waals surface area contributed by atoms with Gasteiger partial charge in [-0.1, -0.05) is 11.6 Å². The number of hydrogen-bond acceptors (Lipinski definition) is 3. The van der Waals surface area contributed by atoms with Crippen molar-refractivity contribution in [3.05, 3.63) is 52.6 Å². The van der Waals surface area contributed by atoms with Crippen molar-refractivity contribution in [2.24, 2.45) is 0 Å². The number of hydrogen-bond donors (Lipinski definition) is 3. The van der Waals surface area contributed by atoms with E-state index in [2.05, 4.69) is 10.6 Å². The smallest absolute Gasteiger partial charge is 0.412 e. The summed E-state index contributed by atoms with van der Waals surface area (Å²) < 4.78 is 59.3. The Kier molecular flexibility index (Phi) is 6.58. The first-order valence-electron chi connectivity index (χ1n) is 8.08. The number of halogens is 5. The number of anilines is 3. The van der Waals surface area contributed by atoms with Gasteiger partial charge < -0.3 is 15.4 Å². The summed E-state index contributed by atoms with van der Waals surface area (Å²) in [6.45, 7) is 4.95. The van der Waals surface area contributed by atoms with Crippen LogP contribution in [0.5, 0.6) is 0 Å². The lowest BCUT2D eigenvalue weighted by Crippen LogP contribution is -2.27. The minimum Gasteiger partial charge on any atom is -0.444 e. The lowest BCUT2D eigenvalue weighted by molar-refractivity contribution is 0.0636. The third-order valence-corrected chi connectivity index (χ3v) is 3.49. The fraction of sp³-hybridized carbons (Fsp3) is 0.222. The second-order valence-electron chi connectivity index (χ2n) is 6.75. The van der Waals surface area contributed by atoms with Crippen molar-refractivity contribution in [3.8, 4) is 0 Å². The van der Waals surface area contributed by atoms with Crippen LogP contribution in [-0.4, -0.2) is 17.7 Å². The Bertz CT molecular complexity index is 964. The van der Waals surface area contributed by atoms with Crippen molar-refractivity contribution in [2.75, 3.05) is 16.0 Å². The van der Waals surface area contributed by atoms with Gasteiger partial charge in [0.2, 0.25) is 0 Å². The maximum absolute atomic E-state index is 13.9. The predicted octanol–water partition coefficient (Wildman–Crippen LogP) is 5.89. The molecule has 0 saturated carbocycles. The molecule has 0 fully saturated rings. The maximum atomic E-state index is 13.9. The summed E-state index contributed by atoms with van der Waals surface area (Å²) in [4.78, 5) is 23.8. The summed E-state index contributed by atoms with van der Waals surface area (Å²) in [5, 5.41) is 5.54. The third-order valence-electron chi connectivity index (χ3n) is 3.21. The first-order chi connectivity index (χ1) is 13.4. The first-order valence-corrected chi connectivity index (χ1v) is 8.45. The average Bonchev–Trinajstić information content (AvgIpc) is 2.59. The molecule has 6 nitrogen and oxygen atoms in total. The Balaban J connectivity index is 2.14. The van der Waals surface area contributed by atoms with E-state index in [1.54, 1.807) is 20.8 Å². The van der Waals surface area contributed by atoms with Crippen LogP contribution in [-0.2, 0) is 4.74 Å². The van der Waals surface area contributed by atoms with Gasteiger partial charge in [-0.2, -0.15) is 0 Å². The molecule has 2 rings (SSSR count). The van der Waals surface area contributed by atoms with Crippen LogP contribution < -0.4 is 16.0 Å². The third kappa shape index (κ3) is 5.98. The molecule has 3 amide bonds. The highest BCUT2D eigenvalue weighted by Crippen LogP contribution is 2.27. The number of benzene rings is 2. The summed E-state index contributed by atoms with van der Waals surface area (Å²) >= 11 is 5.41. The van der Waals surface area contributed by atoms with Crippen LogP contribution in [0, 0.1) is 23.3 Å². The number of urea groups is 1. The summed E-state index contributed by atoms with van der Waals surface area (Å²) in [5.74, 6) is -6.04. The SMILES string of the molecule is CC(C)(C)OC(=O)Nc1ccc(F)c(NC(=O)Nc2cc(Cl)c(F)c(F)c2F)c1. The molecule has 0 unspecified atom stereocenters. The molecular weight excluding hydrogens is 418 g/mol. The molecule has 0 radical (unpaired) electrons. The number of nitrogens with one attached hydrogen (secondary N) is 3. The number of carbonyl (C=O) groups excluding carboxylic acids is 2. The zero-order valence-electron chi connectivity index (χ0n) is 15.4. The van der Waals surface area contributed by atoms with Crippen molar-refractivity contribution in [3.63, 3.8) is 0 Å². The minimum atomic E-state index is -1.87. The molecule has 2 aromatic carbocycles. The lowest BCUT2D eigenvalue weighted by atomic mass is 10.2. The summed E-state index contributed by atoms with van der Waals surface area (Å²) in [7, 11) is 0. The Hall–Kier alpha value is -3.01. The van der Waals surface area contributed by atoms with E-state index in [0.717, 1.165) is 12.1 Å². The maximum Gasteiger partial charge on any atom is 0.412 e. The first kappa shape index (κ1) is 22.3. The highest BCUT2D eigenvalue weighted by atomic mass is 35.5. The molecule has 0 aromatic heterocycles. The molecule has 11 heteroatoms. The van der Waals surface area contributed by atoms with Crippen molar-refractivity contribution in [1.29, 1.82) is 0 Å². The molecular formula is C18H16ClF4N3O3. The Morgan fingerprint density at radius 2 is 1.52 bits per heavy atom. The minimum absolute atomic E-state index is 0.0954. The quantitative estimate of drug-likeness (QED) is 0.321. The van der Waals surface area contributed by atoms with Gasteiger partial charge in [0.15, 0.2) is 17.5 Å². The average molecular weight is 434 g/mol. The Morgan fingerprint density at radius 1 is 0.897 bits per heavy atom. The summed E-state index contributed by atoms with van der Waals surface area (Å²) in [6, 6.07) is 2.74. The van der Waals surface area contributed by atoms with E-state index in [1.807, 2.05) is 5.32 Å². The van der Waals surface area contributed by atoms with Gasteiger partial charge in [0.1, 0.15) is 11.4 Å². The molecule has 0 aliphatic carbocycles. The molecule has 0 aliphatic heterocycles. The number of amides is 3. The highest BCUT2D eigenvalue weighted by Gasteiger charge is 2.20. The van der Waals surface area contributed by atoms with E-state index < -0.39 is 51.7 Å². The van der Waals surface area contributed by atoms with Gasteiger partial charge in [-0.15, -0.1) is 0 Å². The molecule has 0 bridgehead atoms. The van der Waals surface area contributed by atoms with E-state index in [9.17, 15) is 27.2 Å². The van der Waals surface area contributed by atoms with Crippen LogP contribution in [0.3, 0.4) is 0 Å². The molecule has 0 heterocycles. The molecule has 156 valence electrons. The van der Waals surface area contributed by atoms with E-state index >= 15 is 0 Å². The Morgan fingerprint density at radius 3 is 2.14 bits per heavy atom. The molecule has 0 aliphatic rings. The molecule has 0 spiro atoms. The van der Waals surface area contributed by atoms with Gasteiger partial charge in [-0.25, -0.2) is 27.2 Å². The van der Waals surface area contributed by atoms with Crippen molar-refractivity contribution >= 4 is 40.8 Å². The van der Waals surface area contributed by atoms with Crippen LogP contribution in [0.25, 0.3) is 0 Å². The van der Waals surface area contributed by atoms with E-state index in [-0.39, 0.29) is 11.4 Å². The van der Waals surface area contributed by atoms with Crippen LogP contribution in [0.2, 0.25) is 5.02 Å². The van der Waals surface area contributed by atoms with E-state index in [1.165, 1.54) is 6.07 Å². The number of ether oxygens (including phenoxy) is 1. The zero-order chi connectivity index (χ0) is 21.9. The predicted molar refractivity (Wildman–Crippen MR) is 100 cm³/mol. The monoisotopic (exact) mass is 433 g/mol. The fourth-order valence-corrected chi connectivity index (χ4v) is 2.25. The van der Waals surface area contributed by atoms with Crippen LogP contribution in [0.15, 0.2) is 24.3 Å². The van der Waals surface area contributed by atoms with Gasteiger partial charge in [0.05, 0.1) is 16.4 Å². The van der Waals surface area contributed by atoms with E-state index in [0.29, 0.717) is 6.07 Å². The second kappa shape index (κ2) is 8.56. The summed E-state index contributed by atoms with van der Waals surface area (Å²) in [5.41, 5.74) is -1.81. The molecule has 2 aromatic rings. The molecule has 0 atom stereocenters.